The molecule has 0 bridgehead atoms. The smallest absolute Gasteiger partial charge is 0.394 e. The quantitative estimate of drug-likeness (QED) is 0.428. The number of carboxylic acid groups (broad SMARTS) is 1. The van der Waals surface area contributed by atoms with Crippen LogP contribution in [0.3, 0.4) is 0 Å². The second-order valence-corrected chi connectivity index (χ2v) is 7.69. The lowest BCUT2D eigenvalue weighted by Gasteiger charge is -2.15. The van der Waals surface area contributed by atoms with Crippen LogP contribution in [0.15, 0.2) is 35.2 Å². The van der Waals surface area contributed by atoms with Gasteiger partial charge < -0.3 is 20.3 Å². The van der Waals surface area contributed by atoms with Crippen LogP contribution in [0.25, 0.3) is 0 Å². The highest BCUT2D eigenvalue weighted by atomic mass is 127. The van der Waals surface area contributed by atoms with Gasteiger partial charge in [0, 0.05) is 18.0 Å². The minimum absolute atomic E-state index is 0.205. The molecule has 0 aliphatic rings. The lowest BCUT2D eigenvalue weighted by Crippen LogP contribution is -2.21. The van der Waals surface area contributed by atoms with Crippen LogP contribution in [-0.2, 0) is 19.4 Å². The van der Waals surface area contributed by atoms with E-state index in [4.69, 9.17) is 10.4 Å². The van der Waals surface area contributed by atoms with Crippen molar-refractivity contribution in [3.63, 3.8) is 0 Å². The van der Waals surface area contributed by atoms with Gasteiger partial charge >= 0.3 is 11.9 Å². The molecule has 10 heteroatoms. The van der Waals surface area contributed by atoms with Gasteiger partial charge in [-0.25, -0.2) is 13.2 Å². The zero-order valence-corrected chi connectivity index (χ0v) is 17.6. The normalized spacial score (nSPS) is 10.9. The number of phenols is 1. The molecule has 0 aliphatic carbocycles. The number of carboxylic acids is 1. The number of sulfone groups is 1. The first-order chi connectivity index (χ1) is 13.0. The van der Waals surface area contributed by atoms with Gasteiger partial charge in [0.15, 0.2) is 9.84 Å². The minimum atomic E-state index is -3.63. The van der Waals surface area contributed by atoms with Crippen molar-refractivity contribution in [3.05, 3.63) is 41.5 Å². The number of hydrogen-bond donors (Lipinski definition) is 3. The summed E-state index contributed by atoms with van der Waals surface area (Å²) in [4.78, 5) is 21.6. The number of ether oxygens (including phenoxy) is 1. The average molecular weight is 508 g/mol. The van der Waals surface area contributed by atoms with Crippen LogP contribution in [0.5, 0.6) is 17.2 Å². The number of aliphatic carboxylic acids is 1. The highest BCUT2D eigenvalue weighted by Gasteiger charge is 2.17. The molecule has 3 N–H and O–H groups in total. The number of halogens is 1. The van der Waals surface area contributed by atoms with E-state index in [0.29, 0.717) is 22.6 Å². The van der Waals surface area contributed by atoms with Crippen LogP contribution in [0, 0.1) is 13.8 Å². The fourth-order valence-corrected chi connectivity index (χ4v) is 3.12. The summed E-state index contributed by atoms with van der Waals surface area (Å²) >= 11 is 1.40. The van der Waals surface area contributed by atoms with Crippen molar-refractivity contribution in [1.82, 2.24) is 0 Å². The summed E-state index contributed by atoms with van der Waals surface area (Å²) in [6.45, 7) is 3.38. The van der Waals surface area contributed by atoms with Gasteiger partial charge in [-0.3, -0.25) is 4.79 Å². The lowest BCUT2D eigenvalue weighted by atomic mass is 10.1. The largest absolute Gasteiger partial charge is 0.507 e. The van der Waals surface area contributed by atoms with E-state index in [0.717, 1.165) is 6.26 Å². The van der Waals surface area contributed by atoms with E-state index >= 15 is 0 Å². The van der Waals surface area contributed by atoms with Gasteiger partial charge in [-0.2, -0.15) is 0 Å². The molecule has 146 valence electrons. The third-order valence-corrected chi connectivity index (χ3v) is 4.59. The Hall–Kier alpha value is -2.34. The van der Waals surface area contributed by atoms with Gasteiger partial charge in [0.1, 0.15) is 22.7 Å². The Morgan fingerprint density at radius 2 is 1.70 bits per heavy atom. The zero-order chi connectivity index (χ0) is 21.6. The molecule has 0 heterocycles. The van der Waals surface area contributed by atoms with E-state index in [1.807, 2.05) is 0 Å². The highest BCUT2D eigenvalue weighted by molar-refractivity contribution is 14.0. The summed E-state index contributed by atoms with van der Waals surface area (Å²) in [6, 6.07) is 6.91. The summed E-state index contributed by atoms with van der Waals surface area (Å²) in [5.74, 6) is -2.51. The number of rotatable bonds is 4. The first-order valence-corrected chi connectivity index (χ1v) is 9.24. The van der Waals surface area contributed by atoms with Gasteiger partial charge in [-0.05, 0) is 49.2 Å². The maximum atomic E-state index is 11.7. The molecule has 0 fully saturated rings. The van der Waals surface area contributed by atoms with Gasteiger partial charge in [0.05, 0.1) is 0 Å². The van der Waals surface area contributed by atoms with Crippen LogP contribution in [-0.4, -0.2) is 37.4 Å². The monoisotopic (exact) mass is 508 g/mol. The molecule has 2 aromatic carbocycles. The highest BCUT2D eigenvalue weighted by Crippen LogP contribution is 2.34. The van der Waals surface area contributed by atoms with E-state index in [2.05, 4.69) is 5.32 Å². The molecular weight excluding hydrogens is 489 g/mol. The third kappa shape index (κ3) is 5.57. The zero-order valence-electron chi connectivity index (χ0n) is 15.6. The van der Waals surface area contributed by atoms with E-state index < -0.39 is 21.7 Å². The molecule has 0 spiro atoms. The van der Waals surface area contributed by atoms with Crippen LogP contribution in [0.1, 0.15) is 11.1 Å². The fraction of sp³-hybridized carbons (Fsp3) is 0.176. The summed E-state index contributed by atoms with van der Waals surface area (Å²) in [5.41, 5.74) is 1.49. The number of phenolic OH excluding ortho intramolecular Hbond substituents is 1. The predicted molar refractivity (Wildman–Crippen MR) is 109 cm³/mol. The maximum Gasteiger partial charge on any atom is 0.394 e. The van der Waals surface area contributed by atoms with Gasteiger partial charge in [-0.1, -0.05) is 0 Å². The van der Waals surface area contributed by atoms with Crippen molar-refractivity contribution in [1.29, 1.82) is 0.594 Å². The molecule has 27 heavy (non-hydrogen) atoms. The van der Waals surface area contributed by atoms with Gasteiger partial charge in [0.25, 0.3) is 0 Å². The molecule has 0 saturated carbocycles. The van der Waals surface area contributed by atoms with Crippen molar-refractivity contribution in [2.45, 2.75) is 18.7 Å². The summed E-state index contributed by atoms with van der Waals surface area (Å²) in [7, 11) is -3.63. The van der Waals surface area contributed by atoms with Crippen LogP contribution < -0.4 is 10.1 Å². The number of nitrogens with one attached hydrogen (secondary N) is 1. The standard InChI is InChI=1S/C17H17NO7S.HI/c1-9-6-11(18-16(20)17(21)22)7-10(2)15(9)25-12-4-5-13(19)14(8-12)26(3,23)24;/h4-8,19H,1-3H3,(H,18,20)(H,21,22);1H/i/hD. The van der Waals surface area contributed by atoms with E-state index in [9.17, 15) is 23.1 Å². The SMILES string of the molecule is Cc1cc(NC(=O)C(=O)O)cc(C)c1Oc1ccc(O)c(S(C)(=O)=O)c1.[2H]I. The van der Waals surface area contributed by atoms with Crippen molar-refractivity contribution in [2.24, 2.45) is 0 Å². The Morgan fingerprint density at radius 3 is 2.19 bits per heavy atom. The van der Waals surface area contributed by atoms with E-state index in [-0.39, 0.29) is 16.4 Å². The molecule has 0 saturated heterocycles. The molecule has 0 aliphatic heterocycles. The van der Waals surface area contributed by atoms with Crippen molar-refractivity contribution in [2.75, 3.05) is 11.6 Å². The number of anilines is 1. The molecule has 2 rings (SSSR count). The molecule has 0 atom stereocenters. The van der Waals surface area contributed by atoms with Crippen molar-refractivity contribution >= 4 is 51.2 Å². The van der Waals surface area contributed by atoms with Crippen molar-refractivity contribution in [3.8, 4) is 17.2 Å². The Balaban J connectivity index is 0.00000190. The van der Waals surface area contributed by atoms with Crippen LogP contribution >= 0.6 is 23.8 Å². The molecule has 8 nitrogen and oxygen atoms in total. The number of carbonyl (C=O) groups is 2. The molecule has 2 aromatic rings. The number of aromatic hydroxyl groups is 1. The summed E-state index contributed by atoms with van der Waals surface area (Å²) in [5, 5.41) is 20.6. The summed E-state index contributed by atoms with van der Waals surface area (Å²) < 4.78 is 34.8. The van der Waals surface area contributed by atoms with Crippen molar-refractivity contribution < 1.29 is 33.0 Å². The van der Waals surface area contributed by atoms with Gasteiger partial charge in [0.2, 0.25) is 0 Å². The lowest BCUT2D eigenvalue weighted by molar-refractivity contribution is -0.147. The van der Waals surface area contributed by atoms with E-state index in [1.54, 1.807) is 13.8 Å². The second-order valence-electron chi connectivity index (χ2n) is 5.70. The van der Waals surface area contributed by atoms with E-state index in [1.165, 1.54) is 54.1 Å². The topological polar surface area (TPSA) is 130 Å². The maximum absolute atomic E-state index is 11.7. The first-order valence-electron chi connectivity index (χ1n) is 7.73. The first kappa shape index (κ1) is 21.0. The van der Waals surface area contributed by atoms with Crippen LogP contribution in [0.4, 0.5) is 5.69 Å². The molecule has 0 unspecified atom stereocenters. The molecule has 0 aromatic heterocycles. The number of carbonyl (C=O) groups excluding carboxylic acids is 1. The Bertz CT molecular complexity index is 986. The van der Waals surface area contributed by atoms with Crippen LogP contribution in [0.2, 0.25) is 0 Å². The number of hydrogen-bond acceptors (Lipinski definition) is 6. The number of amides is 1. The summed E-state index contributed by atoms with van der Waals surface area (Å²) in [6.07, 6.45) is 0.974. The number of benzene rings is 2. The molecular formula is C17H18INO7S. The predicted octanol–water partition coefficient (Wildman–Crippen LogP) is 2.85. The van der Waals surface area contributed by atoms with Gasteiger partial charge in [-0.15, -0.1) is 23.8 Å². The molecule has 0 radical (unpaired) electrons. The Kier molecular flexibility index (Phi) is 6.65. The second kappa shape index (κ2) is 8.57. The molecule has 1 amide bonds. The fourth-order valence-electron chi connectivity index (χ4n) is 2.34. The minimum Gasteiger partial charge on any atom is -0.507 e. The Labute approximate surface area is 173 Å². The Morgan fingerprint density at radius 1 is 1.15 bits per heavy atom. The average Bonchev–Trinajstić information content (AvgIpc) is 2.60. The number of aryl methyl sites for hydroxylation is 2. The third-order valence-electron chi connectivity index (χ3n) is 3.46.